The Kier molecular flexibility index (Phi) is 6.67. The molecule has 0 unspecified atom stereocenters. The lowest BCUT2D eigenvalue weighted by molar-refractivity contribution is -0.122. The molecule has 2 saturated heterocycles. The molecule has 0 aliphatic carbocycles. The molecule has 0 spiro atoms. The Morgan fingerprint density at radius 3 is 2.57 bits per heavy atom. The first kappa shape index (κ1) is 24.5. The Bertz CT molecular complexity index is 1340. The highest BCUT2D eigenvalue weighted by Crippen LogP contribution is 2.28. The fourth-order valence-electron chi connectivity index (χ4n) is 4.57. The number of fused-ring (bicyclic) bond motifs is 1. The summed E-state index contributed by atoms with van der Waals surface area (Å²) in [5.41, 5.74) is 1.06. The number of rotatable bonds is 4. The van der Waals surface area contributed by atoms with E-state index in [2.05, 4.69) is 27.6 Å². The van der Waals surface area contributed by atoms with E-state index in [1.54, 1.807) is 36.4 Å². The second kappa shape index (κ2) is 10.1. The van der Waals surface area contributed by atoms with Gasteiger partial charge in [-0.3, -0.25) is 14.9 Å². The molecule has 3 aliphatic rings. The molecule has 0 saturated carbocycles. The number of oxime groups is 1. The van der Waals surface area contributed by atoms with Gasteiger partial charge in [0.25, 0.3) is 11.8 Å². The molecular formula is C26H25N5O5S. The minimum absolute atomic E-state index is 0.111. The molecule has 10 nitrogen and oxygen atoms in total. The number of carbonyl (C=O) groups excluding carboxylic acids is 3. The third kappa shape index (κ3) is 4.80. The summed E-state index contributed by atoms with van der Waals surface area (Å²) in [5, 5.41) is 17.9. The number of methoxy groups -OCH3 is 1. The van der Waals surface area contributed by atoms with E-state index in [0.717, 1.165) is 35.7 Å². The van der Waals surface area contributed by atoms with E-state index in [1.165, 1.54) is 12.0 Å². The van der Waals surface area contributed by atoms with Gasteiger partial charge in [-0.2, -0.15) is 11.8 Å². The molecule has 0 aromatic heterocycles. The molecule has 1 atom stereocenters. The predicted molar refractivity (Wildman–Crippen MR) is 138 cm³/mol. The molecule has 37 heavy (non-hydrogen) atoms. The number of hydrogen-bond acceptors (Lipinski definition) is 7. The number of ether oxygens (including phenoxy) is 1. The lowest BCUT2D eigenvalue weighted by atomic mass is 9.99. The van der Waals surface area contributed by atoms with Crippen LogP contribution in [-0.2, 0) is 11.3 Å². The second-order valence-corrected chi connectivity index (χ2v) is 10.1. The molecule has 0 radical (unpaired) electrons. The van der Waals surface area contributed by atoms with Crippen molar-refractivity contribution in [3.63, 3.8) is 0 Å². The minimum Gasteiger partial charge on any atom is -0.497 e. The molecule has 2 aromatic rings. The zero-order valence-electron chi connectivity index (χ0n) is 20.1. The van der Waals surface area contributed by atoms with Crippen LogP contribution in [0.15, 0.2) is 47.6 Å². The monoisotopic (exact) mass is 519 g/mol. The molecular weight excluding hydrogens is 494 g/mol. The van der Waals surface area contributed by atoms with E-state index >= 15 is 0 Å². The number of amides is 4. The van der Waals surface area contributed by atoms with Crippen LogP contribution in [0.5, 0.6) is 5.75 Å². The number of amidine groups is 1. The van der Waals surface area contributed by atoms with Crippen LogP contribution in [0, 0.1) is 11.8 Å². The van der Waals surface area contributed by atoms with Crippen LogP contribution in [0.2, 0.25) is 0 Å². The Labute approximate surface area is 218 Å². The molecule has 3 heterocycles. The maximum Gasteiger partial charge on any atom is 0.323 e. The highest BCUT2D eigenvalue weighted by atomic mass is 32.2. The van der Waals surface area contributed by atoms with E-state index in [9.17, 15) is 19.6 Å². The van der Waals surface area contributed by atoms with Crippen molar-refractivity contribution in [1.82, 2.24) is 20.4 Å². The van der Waals surface area contributed by atoms with Crippen LogP contribution in [-0.4, -0.2) is 82.5 Å². The van der Waals surface area contributed by atoms with Gasteiger partial charge in [0.1, 0.15) is 5.75 Å². The number of urea groups is 1. The highest BCUT2D eigenvalue weighted by Gasteiger charge is 2.48. The smallest absolute Gasteiger partial charge is 0.323 e. The summed E-state index contributed by atoms with van der Waals surface area (Å²) in [6, 6.07) is 11.7. The van der Waals surface area contributed by atoms with Crippen molar-refractivity contribution in [1.29, 1.82) is 0 Å². The summed E-state index contributed by atoms with van der Waals surface area (Å²) in [7, 11) is 1.53. The molecule has 190 valence electrons. The van der Waals surface area contributed by atoms with Crippen LogP contribution >= 0.6 is 11.8 Å². The number of nitrogens with one attached hydrogen (secondary N) is 2. The van der Waals surface area contributed by atoms with Crippen LogP contribution in [0.1, 0.15) is 27.0 Å². The lowest BCUT2D eigenvalue weighted by Gasteiger charge is -2.28. The maximum atomic E-state index is 13.1. The summed E-state index contributed by atoms with van der Waals surface area (Å²) < 4.78 is 5.22. The van der Waals surface area contributed by atoms with E-state index in [4.69, 9.17) is 4.74 Å². The summed E-state index contributed by atoms with van der Waals surface area (Å²) in [5.74, 6) is 8.00. The van der Waals surface area contributed by atoms with Gasteiger partial charge < -0.3 is 25.1 Å². The van der Waals surface area contributed by atoms with Crippen molar-refractivity contribution in [2.24, 2.45) is 5.16 Å². The summed E-state index contributed by atoms with van der Waals surface area (Å²) in [6.45, 7) is 1.78. The van der Waals surface area contributed by atoms with Crippen molar-refractivity contribution >= 4 is 35.4 Å². The Morgan fingerprint density at radius 2 is 1.92 bits per heavy atom. The van der Waals surface area contributed by atoms with E-state index in [1.807, 2.05) is 22.7 Å². The Morgan fingerprint density at radius 1 is 1.16 bits per heavy atom. The first-order valence-corrected chi connectivity index (χ1v) is 12.9. The Hall–Kier alpha value is -4.17. The quantitative estimate of drug-likeness (QED) is 0.140. The first-order chi connectivity index (χ1) is 17.9. The molecule has 3 aliphatic heterocycles. The lowest BCUT2D eigenvalue weighted by Crippen LogP contribution is -2.54. The van der Waals surface area contributed by atoms with Gasteiger partial charge in [0, 0.05) is 47.8 Å². The first-order valence-electron chi connectivity index (χ1n) is 11.7. The number of benzene rings is 2. The zero-order valence-corrected chi connectivity index (χ0v) is 20.9. The van der Waals surface area contributed by atoms with Crippen LogP contribution in [0.3, 0.4) is 0 Å². The molecule has 3 N–H and O–H groups in total. The third-order valence-electron chi connectivity index (χ3n) is 6.53. The van der Waals surface area contributed by atoms with Gasteiger partial charge in [0.15, 0.2) is 5.84 Å². The molecule has 4 amide bonds. The molecule has 2 fully saturated rings. The fourth-order valence-corrected chi connectivity index (χ4v) is 5.48. The maximum absolute atomic E-state index is 13.1. The van der Waals surface area contributed by atoms with Crippen LogP contribution in [0.4, 0.5) is 4.79 Å². The molecule has 2 aromatic carbocycles. The topological polar surface area (TPSA) is 124 Å². The van der Waals surface area contributed by atoms with Gasteiger partial charge in [-0.15, -0.1) is 0 Å². The standard InChI is InChI=1S/C26H25N5O5S/c1-36-20-7-6-19-15-31(23(32)21(19)14-20)16-26(24(33)27-25(34)28-26)9-8-17-2-4-18(5-3-17)22(29-35)30-10-12-37-13-11-30/h2-7,14,35H,10-13,15-16H2,1H3,(H2,27,28,33,34)/t26-/m1/s1. The van der Waals surface area contributed by atoms with Crippen LogP contribution in [0.25, 0.3) is 0 Å². The van der Waals surface area contributed by atoms with Gasteiger partial charge in [-0.1, -0.05) is 23.1 Å². The van der Waals surface area contributed by atoms with E-state index in [-0.39, 0.29) is 19.0 Å². The van der Waals surface area contributed by atoms with Crippen LogP contribution < -0.4 is 15.4 Å². The van der Waals surface area contributed by atoms with Gasteiger partial charge in [-0.05, 0) is 42.0 Å². The van der Waals surface area contributed by atoms with Crippen molar-refractivity contribution in [3.8, 4) is 17.6 Å². The average Bonchev–Trinajstić information content (AvgIpc) is 3.38. The van der Waals surface area contributed by atoms with E-state index < -0.39 is 17.5 Å². The average molecular weight is 520 g/mol. The minimum atomic E-state index is -1.60. The number of hydrogen-bond donors (Lipinski definition) is 3. The number of nitrogens with zero attached hydrogens (tertiary/aromatic N) is 3. The SMILES string of the molecule is COc1ccc2c(c1)C(=O)N(C[C@@]1(C#Cc3ccc(C(=NO)N4CCSCC4)cc3)NC(=O)NC1=O)C2. The molecule has 11 heteroatoms. The van der Waals surface area contributed by atoms with Crippen molar-refractivity contribution in [2.75, 3.05) is 38.2 Å². The number of thioether (sulfide) groups is 1. The number of imide groups is 1. The largest absolute Gasteiger partial charge is 0.497 e. The fraction of sp³-hybridized carbons (Fsp3) is 0.308. The normalized spacial score (nSPS) is 21.2. The Balaban J connectivity index is 1.37. The molecule has 0 bridgehead atoms. The van der Waals surface area contributed by atoms with Gasteiger partial charge in [0.2, 0.25) is 5.54 Å². The van der Waals surface area contributed by atoms with Crippen molar-refractivity contribution in [3.05, 3.63) is 64.7 Å². The van der Waals surface area contributed by atoms with Gasteiger partial charge in [-0.25, -0.2) is 4.79 Å². The second-order valence-electron chi connectivity index (χ2n) is 8.85. The third-order valence-corrected chi connectivity index (χ3v) is 7.48. The van der Waals surface area contributed by atoms with Gasteiger partial charge in [0.05, 0.1) is 13.7 Å². The highest BCUT2D eigenvalue weighted by molar-refractivity contribution is 7.99. The van der Waals surface area contributed by atoms with E-state index in [0.29, 0.717) is 22.7 Å². The predicted octanol–water partition coefficient (Wildman–Crippen LogP) is 1.47. The zero-order chi connectivity index (χ0) is 26.0. The van der Waals surface area contributed by atoms with Crippen molar-refractivity contribution in [2.45, 2.75) is 12.1 Å². The number of carbonyl (C=O) groups is 3. The van der Waals surface area contributed by atoms with Gasteiger partial charge >= 0.3 is 6.03 Å². The summed E-state index contributed by atoms with van der Waals surface area (Å²) >= 11 is 1.86. The van der Waals surface area contributed by atoms with Crippen molar-refractivity contribution < 1.29 is 24.3 Å². The summed E-state index contributed by atoms with van der Waals surface area (Å²) in [4.78, 5) is 41.5. The summed E-state index contributed by atoms with van der Waals surface area (Å²) in [6.07, 6.45) is 0. The molecule has 5 rings (SSSR count).